The molecule has 3 aliphatic rings. The van der Waals surface area contributed by atoms with Crippen molar-refractivity contribution in [2.24, 2.45) is 0 Å². The Bertz CT molecular complexity index is 1090. The van der Waals surface area contributed by atoms with Crippen LogP contribution in [0.15, 0.2) is 48.5 Å². The van der Waals surface area contributed by atoms with Gasteiger partial charge in [-0.15, -0.1) is 0 Å². The van der Waals surface area contributed by atoms with Crippen LogP contribution in [0.3, 0.4) is 0 Å². The Kier molecular flexibility index (Phi) is 5.56. The molecule has 2 amide bonds. The second-order valence-electron chi connectivity index (χ2n) is 9.39. The van der Waals surface area contributed by atoms with Gasteiger partial charge in [-0.3, -0.25) is 4.79 Å². The van der Waals surface area contributed by atoms with Crippen molar-refractivity contribution in [2.75, 3.05) is 26.9 Å². The van der Waals surface area contributed by atoms with E-state index >= 15 is 0 Å². The van der Waals surface area contributed by atoms with Crippen LogP contribution >= 0.6 is 0 Å². The number of hydrogen-bond acceptors (Lipinski definition) is 5. The minimum absolute atomic E-state index is 0.0639. The van der Waals surface area contributed by atoms with Crippen molar-refractivity contribution < 1.29 is 29.0 Å². The molecule has 8 heteroatoms. The normalized spacial score (nSPS) is 22.3. The zero-order chi connectivity index (χ0) is 23.9. The van der Waals surface area contributed by atoms with Crippen LogP contribution in [0.2, 0.25) is 0 Å². The van der Waals surface area contributed by atoms with Crippen LogP contribution in [-0.4, -0.2) is 65.9 Å². The molecule has 0 radical (unpaired) electrons. The summed E-state index contributed by atoms with van der Waals surface area (Å²) in [5.41, 5.74) is 1.92. The molecule has 178 valence electrons. The van der Waals surface area contributed by atoms with Crippen LogP contribution in [0.4, 0.5) is 4.79 Å². The number of ether oxygens (including phenoxy) is 2. The first-order chi connectivity index (χ1) is 16.4. The Hall–Kier alpha value is -3.39. The van der Waals surface area contributed by atoms with Gasteiger partial charge in [0.05, 0.1) is 6.61 Å². The molecule has 1 saturated heterocycles. The first-order valence-electron chi connectivity index (χ1n) is 11.6. The lowest BCUT2D eigenvalue weighted by Gasteiger charge is -2.46. The summed E-state index contributed by atoms with van der Waals surface area (Å²) in [5.74, 6) is -1.60. The Morgan fingerprint density at radius 3 is 2.18 bits per heavy atom. The van der Waals surface area contributed by atoms with E-state index < -0.39 is 29.0 Å². The zero-order valence-electron chi connectivity index (χ0n) is 19.1. The lowest BCUT2D eigenvalue weighted by Crippen LogP contribution is -2.68. The monoisotopic (exact) mass is 464 g/mol. The lowest BCUT2D eigenvalue weighted by atomic mass is 9.75. The van der Waals surface area contributed by atoms with E-state index in [4.69, 9.17) is 9.47 Å². The minimum atomic E-state index is -1.41. The quantitative estimate of drug-likeness (QED) is 0.681. The standard InChI is InChI=1S/C26H28N2O6/c1-28(26(23(30)31)13-14-33-16-26)22(29)25(11-6-12-25)27-24(32)34-15-21-19-9-4-2-7-17(19)18-8-3-5-10-20(18)21/h2-5,7-10,21H,6,11-16H2,1H3,(H,27,32)(H,30,31). The third kappa shape index (κ3) is 3.44. The third-order valence-corrected chi connectivity index (χ3v) is 7.65. The Labute approximate surface area is 197 Å². The van der Waals surface area contributed by atoms with Crippen LogP contribution in [0, 0.1) is 0 Å². The number of alkyl carbamates (subject to hydrolysis) is 1. The maximum atomic E-state index is 13.4. The molecule has 0 bridgehead atoms. The first kappa shape index (κ1) is 22.4. The molecule has 1 heterocycles. The molecule has 34 heavy (non-hydrogen) atoms. The fourth-order valence-electron chi connectivity index (χ4n) is 5.40. The van der Waals surface area contributed by atoms with Gasteiger partial charge in [0.15, 0.2) is 5.54 Å². The summed E-state index contributed by atoms with van der Waals surface area (Å²) in [5, 5.41) is 12.6. The van der Waals surface area contributed by atoms with Gasteiger partial charge in [-0.1, -0.05) is 48.5 Å². The molecule has 1 aliphatic heterocycles. The third-order valence-electron chi connectivity index (χ3n) is 7.65. The molecule has 5 rings (SSSR count). The number of rotatable bonds is 6. The number of amides is 2. The van der Waals surface area contributed by atoms with Gasteiger partial charge < -0.3 is 24.8 Å². The van der Waals surface area contributed by atoms with E-state index in [9.17, 15) is 19.5 Å². The predicted molar refractivity (Wildman–Crippen MR) is 123 cm³/mol. The number of hydrogen-bond donors (Lipinski definition) is 2. The predicted octanol–water partition coefficient (Wildman–Crippen LogP) is 3.15. The Morgan fingerprint density at radius 1 is 1.06 bits per heavy atom. The molecule has 2 aromatic carbocycles. The molecule has 1 saturated carbocycles. The van der Waals surface area contributed by atoms with Gasteiger partial charge in [0.1, 0.15) is 12.1 Å². The van der Waals surface area contributed by atoms with Crippen molar-refractivity contribution in [3.63, 3.8) is 0 Å². The molecule has 8 nitrogen and oxygen atoms in total. The van der Waals surface area contributed by atoms with E-state index in [2.05, 4.69) is 17.4 Å². The fraction of sp³-hybridized carbons (Fsp3) is 0.423. The van der Waals surface area contributed by atoms with Crippen LogP contribution in [-0.2, 0) is 19.1 Å². The van der Waals surface area contributed by atoms with Gasteiger partial charge in [-0.25, -0.2) is 9.59 Å². The van der Waals surface area contributed by atoms with Gasteiger partial charge in [-0.05, 0) is 41.5 Å². The molecule has 2 aliphatic carbocycles. The highest BCUT2D eigenvalue weighted by Gasteiger charge is 2.55. The number of carboxylic acids is 1. The molecule has 0 spiro atoms. The number of aliphatic carboxylic acids is 1. The van der Waals surface area contributed by atoms with Crippen LogP contribution in [0.5, 0.6) is 0 Å². The molecule has 1 atom stereocenters. The van der Waals surface area contributed by atoms with Crippen molar-refractivity contribution in [3.05, 3.63) is 59.7 Å². The van der Waals surface area contributed by atoms with Crippen LogP contribution in [0.25, 0.3) is 11.1 Å². The smallest absolute Gasteiger partial charge is 0.408 e. The average Bonchev–Trinajstić information content (AvgIpc) is 3.44. The van der Waals surface area contributed by atoms with Crippen molar-refractivity contribution in [1.29, 1.82) is 0 Å². The minimum Gasteiger partial charge on any atom is -0.479 e. The van der Waals surface area contributed by atoms with Crippen LogP contribution in [0.1, 0.15) is 42.7 Å². The summed E-state index contributed by atoms with van der Waals surface area (Å²) in [6.07, 6.45) is 1.19. The second kappa shape index (κ2) is 8.43. The second-order valence-corrected chi connectivity index (χ2v) is 9.39. The Morgan fingerprint density at radius 2 is 1.68 bits per heavy atom. The lowest BCUT2D eigenvalue weighted by molar-refractivity contribution is -0.162. The van der Waals surface area contributed by atoms with Crippen molar-refractivity contribution in [2.45, 2.75) is 42.7 Å². The van der Waals surface area contributed by atoms with E-state index in [0.29, 0.717) is 12.8 Å². The summed E-state index contributed by atoms with van der Waals surface area (Å²) in [4.78, 5) is 39.5. The van der Waals surface area contributed by atoms with Crippen molar-refractivity contribution in [3.8, 4) is 11.1 Å². The van der Waals surface area contributed by atoms with E-state index in [1.165, 1.54) is 11.9 Å². The first-order valence-corrected chi connectivity index (χ1v) is 11.6. The molecule has 1 unspecified atom stereocenters. The Balaban J connectivity index is 1.29. The van der Waals surface area contributed by atoms with Gasteiger partial charge in [0.2, 0.25) is 5.91 Å². The van der Waals surface area contributed by atoms with E-state index in [1.807, 2.05) is 36.4 Å². The van der Waals surface area contributed by atoms with Crippen LogP contribution < -0.4 is 5.32 Å². The number of nitrogens with one attached hydrogen (secondary N) is 1. The number of benzene rings is 2. The van der Waals surface area contributed by atoms with Gasteiger partial charge >= 0.3 is 12.1 Å². The summed E-state index contributed by atoms with van der Waals surface area (Å²) >= 11 is 0. The largest absolute Gasteiger partial charge is 0.479 e. The zero-order valence-corrected chi connectivity index (χ0v) is 19.1. The van der Waals surface area contributed by atoms with Gasteiger partial charge in [0, 0.05) is 26.0 Å². The van der Waals surface area contributed by atoms with E-state index in [0.717, 1.165) is 28.7 Å². The summed E-state index contributed by atoms with van der Waals surface area (Å²) in [6.45, 7) is 0.356. The SMILES string of the molecule is CN(C(=O)C1(NC(=O)OCC2c3ccccc3-c3ccccc32)CCC1)C1(C(=O)O)CCOC1. The average molecular weight is 465 g/mol. The molecule has 2 N–H and O–H groups in total. The highest BCUT2D eigenvalue weighted by atomic mass is 16.5. The van der Waals surface area contributed by atoms with E-state index in [1.54, 1.807) is 0 Å². The summed E-state index contributed by atoms with van der Waals surface area (Å²) < 4.78 is 10.9. The number of carboxylic acid groups (broad SMARTS) is 1. The highest BCUT2D eigenvalue weighted by molar-refractivity contribution is 5.95. The summed E-state index contributed by atoms with van der Waals surface area (Å²) in [6, 6.07) is 16.2. The maximum absolute atomic E-state index is 13.4. The molecule has 0 aromatic heterocycles. The molecular formula is C26H28N2O6. The summed E-state index contributed by atoms with van der Waals surface area (Å²) in [7, 11) is 1.48. The maximum Gasteiger partial charge on any atom is 0.408 e. The molecule has 2 fully saturated rings. The number of carbonyl (C=O) groups is 3. The molecule has 2 aromatic rings. The van der Waals surface area contributed by atoms with E-state index in [-0.39, 0.29) is 32.2 Å². The number of likely N-dealkylation sites (N-methyl/N-ethyl adjacent to an activating group) is 1. The fourth-order valence-corrected chi connectivity index (χ4v) is 5.40. The van der Waals surface area contributed by atoms with Gasteiger partial charge in [0.25, 0.3) is 0 Å². The van der Waals surface area contributed by atoms with Gasteiger partial charge in [-0.2, -0.15) is 0 Å². The number of carbonyl (C=O) groups excluding carboxylic acids is 2. The molecular weight excluding hydrogens is 436 g/mol. The van der Waals surface area contributed by atoms with Crippen molar-refractivity contribution in [1.82, 2.24) is 10.2 Å². The van der Waals surface area contributed by atoms with Crippen molar-refractivity contribution >= 4 is 18.0 Å². The highest BCUT2D eigenvalue weighted by Crippen LogP contribution is 2.44. The number of nitrogens with zero attached hydrogens (tertiary/aromatic N) is 1. The number of fused-ring (bicyclic) bond motifs is 3. The topological polar surface area (TPSA) is 105 Å².